The van der Waals surface area contributed by atoms with Gasteiger partial charge >= 0.3 is 0 Å². The van der Waals surface area contributed by atoms with Gasteiger partial charge in [0.15, 0.2) is 0 Å². The molecular formula is C15H24N4O2. The van der Waals surface area contributed by atoms with Gasteiger partial charge in [-0.15, -0.1) is 0 Å². The molecule has 1 aliphatic heterocycles. The Hall–Kier alpha value is -1.66. The highest BCUT2D eigenvalue weighted by Gasteiger charge is 2.22. The van der Waals surface area contributed by atoms with Crippen LogP contribution in [0.4, 0.5) is 11.5 Å². The van der Waals surface area contributed by atoms with Crippen molar-refractivity contribution in [1.82, 2.24) is 4.98 Å². The van der Waals surface area contributed by atoms with E-state index in [0.29, 0.717) is 25.2 Å². The number of carbonyl (C=O) groups excluding carboxylic acids is 1. The fraction of sp³-hybridized carbons (Fsp3) is 0.600. The summed E-state index contributed by atoms with van der Waals surface area (Å²) < 4.78 is 5.72. The number of morpholine rings is 1. The van der Waals surface area contributed by atoms with Crippen LogP contribution >= 0.6 is 0 Å². The minimum Gasteiger partial charge on any atom is -0.372 e. The van der Waals surface area contributed by atoms with Crippen LogP contribution in [0.3, 0.4) is 0 Å². The maximum absolute atomic E-state index is 11.6. The largest absolute Gasteiger partial charge is 0.372 e. The van der Waals surface area contributed by atoms with Gasteiger partial charge in [0.25, 0.3) is 0 Å². The molecule has 1 aliphatic rings. The summed E-state index contributed by atoms with van der Waals surface area (Å²) in [5, 5.41) is 2.78. The molecule has 0 radical (unpaired) electrons. The van der Waals surface area contributed by atoms with E-state index >= 15 is 0 Å². The molecule has 3 N–H and O–H groups in total. The molecule has 0 aliphatic carbocycles. The van der Waals surface area contributed by atoms with Crippen LogP contribution < -0.4 is 16.0 Å². The van der Waals surface area contributed by atoms with Crippen LogP contribution in [-0.4, -0.2) is 42.7 Å². The fourth-order valence-corrected chi connectivity index (χ4v) is 2.50. The van der Waals surface area contributed by atoms with E-state index < -0.39 is 0 Å². The van der Waals surface area contributed by atoms with E-state index in [-0.39, 0.29) is 18.1 Å². The monoisotopic (exact) mass is 292 g/mol. The van der Waals surface area contributed by atoms with Crippen molar-refractivity contribution in [3.05, 3.63) is 18.3 Å². The van der Waals surface area contributed by atoms with Gasteiger partial charge in [-0.25, -0.2) is 4.98 Å². The Morgan fingerprint density at radius 1 is 1.43 bits per heavy atom. The van der Waals surface area contributed by atoms with Crippen molar-refractivity contribution in [1.29, 1.82) is 0 Å². The Bertz CT molecular complexity index is 453. The van der Waals surface area contributed by atoms with E-state index in [1.54, 1.807) is 6.20 Å². The van der Waals surface area contributed by atoms with E-state index in [1.807, 2.05) is 12.1 Å². The van der Waals surface area contributed by atoms with E-state index in [2.05, 4.69) is 29.0 Å². The van der Waals surface area contributed by atoms with Crippen LogP contribution in [-0.2, 0) is 9.53 Å². The topological polar surface area (TPSA) is 80.5 Å². The first-order valence-electron chi connectivity index (χ1n) is 7.45. The molecule has 21 heavy (non-hydrogen) atoms. The molecule has 2 rings (SSSR count). The maximum Gasteiger partial charge on any atom is 0.225 e. The van der Waals surface area contributed by atoms with Gasteiger partial charge in [-0.1, -0.05) is 0 Å². The van der Waals surface area contributed by atoms with E-state index in [1.165, 1.54) is 0 Å². The lowest BCUT2D eigenvalue weighted by Gasteiger charge is -2.36. The zero-order valence-corrected chi connectivity index (χ0v) is 12.7. The fourth-order valence-electron chi connectivity index (χ4n) is 2.50. The third-order valence-corrected chi connectivity index (χ3v) is 3.41. The van der Waals surface area contributed by atoms with Gasteiger partial charge in [-0.05, 0) is 38.9 Å². The summed E-state index contributed by atoms with van der Waals surface area (Å²) in [4.78, 5) is 18.2. The predicted molar refractivity (Wildman–Crippen MR) is 83.4 cm³/mol. The second-order valence-electron chi connectivity index (χ2n) is 5.50. The van der Waals surface area contributed by atoms with Crippen LogP contribution in [0.25, 0.3) is 0 Å². The van der Waals surface area contributed by atoms with Crippen molar-refractivity contribution in [2.24, 2.45) is 5.73 Å². The Labute approximate surface area is 125 Å². The van der Waals surface area contributed by atoms with Crippen LogP contribution in [0.5, 0.6) is 0 Å². The Kier molecular flexibility index (Phi) is 5.52. The minimum atomic E-state index is -0.0469. The van der Waals surface area contributed by atoms with Gasteiger partial charge in [0.2, 0.25) is 5.91 Å². The summed E-state index contributed by atoms with van der Waals surface area (Å²) in [5.41, 5.74) is 6.44. The quantitative estimate of drug-likeness (QED) is 0.857. The van der Waals surface area contributed by atoms with Crippen molar-refractivity contribution < 1.29 is 9.53 Å². The van der Waals surface area contributed by atoms with Crippen LogP contribution in [0.2, 0.25) is 0 Å². The number of anilines is 2. The molecule has 1 amide bonds. The summed E-state index contributed by atoms with van der Waals surface area (Å²) in [5.74, 6) is 0.532. The second kappa shape index (κ2) is 7.38. The molecule has 1 saturated heterocycles. The molecule has 116 valence electrons. The van der Waals surface area contributed by atoms with Crippen molar-refractivity contribution in [2.45, 2.75) is 38.9 Å². The Balaban J connectivity index is 1.94. The van der Waals surface area contributed by atoms with E-state index in [4.69, 9.17) is 10.5 Å². The highest BCUT2D eigenvalue weighted by molar-refractivity contribution is 5.89. The lowest BCUT2D eigenvalue weighted by atomic mass is 10.2. The number of ether oxygens (including phenoxy) is 1. The summed E-state index contributed by atoms with van der Waals surface area (Å²) in [6, 6.07) is 3.82. The number of aromatic nitrogens is 1. The van der Waals surface area contributed by atoms with Gasteiger partial charge in [0.1, 0.15) is 5.82 Å². The van der Waals surface area contributed by atoms with Crippen molar-refractivity contribution in [3.8, 4) is 0 Å². The first kappa shape index (κ1) is 15.7. The number of hydrogen-bond acceptors (Lipinski definition) is 5. The number of amides is 1. The predicted octanol–water partition coefficient (Wildman–Crippen LogP) is 1.37. The smallest absolute Gasteiger partial charge is 0.225 e. The molecule has 6 nitrogen and oxygen atoms in total. The van der Waals surface area contributed by atoms with Crippen LogP contribution in [0.15, 0.2) is 18.3 Å². The van der Waals surface area contributed by atoms with Gasteiger partial charge < -0.3 is 20.7 Å². The summed E-state index contributed by atoms with van der Waals surface area (Å²) in [6.07, 6.45) is 3.34. The van der Waals surface area contributed by atoms with Crippen LogP contribution in [0.1, 0.15) is 26.7 Å². The molecule has 0 saturated carbocycles. The van der Waals surface area contributed by atoms with Crippen molar-refractivity contribution in [2.75, 3.05) is 29.9 Å². The molecule has 1 fully saturated rings. The Morgan fingerprint density at radius 2 is 2.14 bits per heavy atom. The number of nitrogens with one attached hydrogen (secondary N) is 1. The first-order chi connectivity index (χ1) is 10.1. The van der Waals surface area contributed by atoms with Crippen molar-refractivity contribution >= 4 is 17.4 Å². The number of carbonyl (C=O) groups is 1. The molecule has 0 aromatic carbocycles. The van der Waals surface area contributed by atoms with Gasteiger partial charge in [-0.2, -0.15) is 0 Å². The Morgan fingerprint density at radius 3 is 2.71 bits per heavy atom. The van der Waals surface area contributed by atoms with E-state index in [0.717, 1.165) is 18.8 Å². The van der Waals surface area contributed by atoms with Gasteiger partial charge in [0.05, 0.1) is 24.1 Å². The molecule has 1 aromatic rings. The maximum atomic E-state index is 11.6. The second-order valence-corrected chi connectivity index (χ2v) is 5.50. The molecule has 6 heteroatoms. The molecule has 0 spiro atoms. The summed E-state index contributed by atoms with van der Waals surface area (Å²) in [7, 11) is 0. The lowest BCUT2D eigenvalue weighted by Crippen LogP contribution is -2.45. The molecule has 2 atom stereocenters. The highest BCUT2D eigenvalue weighted by atomic mass is 16.5. The number of hydrogen-bond donors (Lipinski definition) is 2. The minimum absolute atomic E-state index is 0.0469. The highest BCUT2D eigenvalue weighted by Crippen LogP contribution is 2.20. The summed E-state index contributed by atoms with van der Waals surface area (Å²) in [6.45, 7) is 6.37. The van der Waals surface area contributed by atoms with Crippen molar-refractivity contribution in [3.63, 3.8) is 0 Å². The number of nitrogens with two attached hydrogens (primary N) is 1. The third kappa shape index (κ3) is 4.68. The third-order valence-electron chi connectivity index (χ3n) is 3.41. The van der Waals surface area contributed by atoms with Crippen LogP contribution in [0, 0.1) is 0 Å². The molecule has 1 aromatic heterocycles. The van der Waals surface area contributed by atoms with Gasteiger partial charge in [0, 0.05) is 19.5 Å². The number of nitrogens with zero attached hydrogens (tertiary/aromatic N) is 2. The van der Waals surface area contributed by atoms with Gasteiger partial charge in [-0.3, -0.25) is 4.79 Å². The standard InChI is InChI=1S/C15H24N4O2/c1-11-9-19(10-12(2)21-11)13-5-6-14(17-8-13)18-15(20)4-3-7-16/h5-6,8,11-12H,3-4,7,9-10,16H2,1-2H3,(H,17,18,20). The normalized spacial score (nSPS) is 22.1. The zero-order chi connectivity index (χ0) is 15.2. The lowest BCUT2D eigenvalue weighted by molar-refractivity contribution is -0.116. The number of rotatable bonds is 5. The average Bonchev–Trinajstić information content (AvgIpc) is 2.45. The summed E-state index contributed by atoms with van der Waals surface area (Å²) >= 11 is 0. The molecule has 2 heterocycles. The first-order valence-corrected chi connectivity index (χ1v) is 7.45. The molecular weight excluding hydrogens is 268 g/mol. The van der Waals surface area contributed by atoms with E-state index in [9.17, 15) is 4.79 Å². The number of pyridine rings is 1. The zero-order valence-electron chi connectivity index (χ0n) is 12.7. The molecule has 0 bridgehead atoms. The average molecular weight is 292 g/mol. The molecule has 2 unspecified atom stereocenters. The SMILES string of the molecule is CC1CN(c2ccc(NC(=O)CCCN)nc2)CC(C)O1.